The van der Waals surface area contributed by atoms with Crippen LogP contribution in [0, 0.1) is 0 Å². The number of amidine groups is 1. The van der Waals surface area contributed by atoms with E-state index in [1.54, 1.807) is 6.08 Å². The van der Waals surface area contributed by atoms with Gasteiger partial charge < -0.3 is 5.11 Å². The smallest absolute Gasteiger partial charge is 0.208 e. The first-order chi connectivity index (χ1) is 10.3. The van der Waals surface area contributed by atoms with Crippen molar-refractivity contribution < 1.29 is 5.11 Å². The van der Waals surface area contributed by atoms with Crippen molar-refractivity contribution in [2.75, 3.05) is 0 Å². The van der Waals surface area contributed by atoms with Crippen LogP contribution in [0.3, 0.4) is 0 Å². The number of rotatable bonds is 2. The van der Waals surface area contributed by atoms with Crippen molar-refractivity contribution >= 4 is 11.5 Å². The molecule has 3 heteroatoms. The van der Waals surface area contributed by atoms with E-state index in [2.05, 4.69) is 4.99 Å². The van der Waals surface area contributed by atoms with Crippen LogP contribution in [-0.2, 0) is 0 Å². The SMILES string of the molecule is OC1=C/CC/C(c2ccccc2)=N/C(c2ccccc2)=N\1. The highest BCUT2D eigenvalue weighted by Gasteiger charge is 2.10. The predicted molar refractivity (Wildman–Crippen MR) is 85.9 cm³/mol. The molecule has 0 spiro atoms. The highest BCUT2D eigenvalue weighted by atomic mass is 16.3. The zero-order valence-corrected chi connectivity index (χ0v) is 11.6. The Morgan fingerprint density at radius 1 is 0.762 bits per heavy atom. The summed E-state index contributed by atoms with van der Waals surface area (Å²) in [7, 11) is 0. The Balaban J connectivity index is 2.07. The van der Waals surface area contributed by atoms with Crippen LogP contribution in [0.25, 0.3) is 0 Å². The van der Waals surface area contributed by atoms with Crippen molar-refractivity contribution in [3.8, 4) is 0 Å². The summed E-state index contributed by atoms with van der Waals surface area (Å²) in [6.45, 7) is 0. The second-order valence-corrected chi connectivity index (χ2v) is 4.83. The molecule has 0 aromatic heterocycles. The Bertz CT molecular complexity index is 701. The molecule has 0 bridgehead atoms. The van der Waals surface area contributed by atoms with Crippen LogP contribution in [0.1, 0.15) is 24.0 Å². The van der Waals surface area contributed by atoms with Crippen LogP contribution in [0.15, 0.2) is 82.6 Å². The van der Waals surface area contributed by atoms with E-state index in [9.17, 15) is 5.11 Å². The van der Waals surface area contributed by atoms with Crippen LogP contribution in [0.2, 0.25) is 0 Å². The van der Waals surface area contributed by atoms with E-state index in [0.717, 1.165) is 29.7 Å². The lowest BCUT2D eigenvalue weighted by molar-refractivity contribution is 0.404. The van der Waals surface area contributed by atoms with Gasteiger partial charge in [-0.15, -0.1) is 0 Å². The van der Waals surface area contributed by atoms with Gasteiger partial charge in [0.2, 0.25) is 5.88 Å². The van der Waals surface area contributed by atoms with Crippen molar-refractivity contribution in [3.63, 3.8) is 0 Å². The van der Waals surface area contributed by atoms with E-state index in [4.69, 9.17) is 4.99 Å². The molecule has 2 aromatic rings. The topological polar surface area (TPSA) is 45.0 Å². The maximum absolute atomic E-state index is 9.81. The third-order valence-corrected chi connectivity index (χ3v) is 3.31. The summed E-state index contributed by atoms with van der Waals surface area (Å²) in [5.74, 6) is 0.576. The molecule has 0 atom stereocenters. The summed E-state index contributed by atoms with van der Waals surface area (Å²) in [5.41, 5.74) is 2.98. The molecule has 0 amide bonds. The van der Waals surface area contributed by atoms with Crippen LogP contribution in [0.4, 0.5) is 0 Å². The minimum Gasteiger partial charge on any atom is -0.493 e. The molecule has 3 rings (SSSR count). The quantitative estimate of drug-likeness (QED) is 0.881. The van der Waals surface area contributed by atoms with Crippen molar-refractivity contribution in [1.29, 1.82) is 0 Å². The zero-order valence-electron chi connectivity index (χ0n) is 11.6. The van der Waals surface area contributed by atoms with Gasteiger partial charge in [-0.05, 0) is 24.5 Å². The van der Waals surface area contributed by atoms with Gasteiger partial charge in [0.25, 0.3) is 0 Å². The zero-order chi connectivity index (χ0) is 14.5. The molecule has 21 heavy (non-hydrogen) atoms. The van der Waals surface area contributed by atoms with Gasteiger partial charge in [0.05, 0.1) is 5.71 Å². The average Bonchev–Trinajstić information content (AvgIpc) is 2.52. The molecule has 0 aliphatic carbocycles. The Kier molecular flexibility index (Phi) is 3.92. The first-order valence-electron chi connectivity index (χ1n) is 6.99. The molecular weight excluding hydrogens is 260 g/mol. The molecule has 0 radical (unpaired) electrons. The van der Waals surface area contributed by atoms with Crippen LogP contribution in [0.5, 0.6) is 0 Å². The summed E-state index contributed by atoms with van der Waals surface area (Å²) in [5, 5.41) is 9.81. The van der Waals surface area contributed by atoms with E-state index < -0.39 is 0 Å². The normalized spacial score (nSPS) is 22.8. The standard InChI is InChI=1S/C18H16N2O/c21-17-13-7-12-16(14-8-3-1-4-9-14)19-18(20-17)15-10-5-2-6-11-15/h1-6,8-11,13,21H,7,12H2/b17-13+,19-16-,20-18-. The fraction of sp³-hybridized carbons (Fsp3) is 0.111. The fourth-order valence-electron chi connectivity index (χ4n) is 2.26. The molecule has 0 saturated heterocycles. The number of benzene rings is 2. The first-order valence-corrected chi connectivity index (χ1v) is 6.99. The van der Waals surface area contributed by atoms with Crippen LogP contribution < -0.4 is 0 Å². The molecule has 1 N–H and O–H groups in total. The number of allylic oxidation sites excluding steroid dienone is 1. The third kappa shape index (κ3) is 3.26. The number of aliphatic hydroxyl groups excluding tert-OH is 1. The molecule has 1 aliphatic heterocycles. The van der Waals surface area contributed by atoms with E-state index in [1.165, 1.54) is 0 Å². The second-order valence-electron chi connectivity index (χ2n) is 4.83. The summed E-state index contributed by atoms with van der Waals surface area (Å²) >= 11 is 0. The highest BCUT2D eigenvalue weighted by Crippen LogP contribution is 2.15. The molecule has 1 heterocycles. The van der Waals surface area contributed by atoms with Gasteiger partial charge in [0, 0.05) is 5.56 Å². The van der Waals surface area contributed by atoms with Gasteiger partial charge in [-0.2, -0.15) is 4.99 Å². The summed E-state index contributed by atoms with van der Waals surface area (Å²) in [4.78, 5) is 8.92. The Hall–Kier alpha value is -2.68. The van der Waals surface area contributed by atoms with Crippen molar-refractivity contribution in [2.24, 2.45) is 9.98 Å². The molecule has 104 valence electrons. The second kappa shape index (κ2) is 6.18. The predicted octanol–water partition coefficient (Wildman–Crippen LogP) is 4.12. The molecule has 1 aliphatic rings. The lowest BCUT2D eigenvalue weighted by Crippen LogP contribution is -2.09. The fourth-order valence-corrected chi connectivity index (χ4v) is 2.26. The lowest BCUT2D eigenvalue weighted by atomic mass is 10.0. The highest BCUT2D eigenvalue weighted by molar-refractivity contribution is 6.12. The van der Waals surface area contributed by atoms with Gasteiger partial charge in [-0.1, -0.05) is 60.7 Å². The van der Waals surface area contributed by atoms with Gasteiger partial charge >= 0.3 is 0 Å². The van der Waals surface area contributed by atoms with Gasteiger partial charge in [-0.3, -0.25) is 0 Å². The number of nitrogens with zero attached hydrogens (tertiary/aromatic N) is 2. The van der Waals surface area contributed by atoms with E-state index >= 15 is 0 Å². The molecule has 2 aromatic carbocycles. The summed E-state index contributed by atoms with van der Waals surface area (Å²) in [6, 6.07) is 19.8. The van der Waals surface area contributed by atoms with Crippen molar-refractivity contribution in [3.05, 3.63) is 83.7 Å². The largest absolute Gasteiger partial charge is 0.493 e. The number of aliphatic hydroxyl groups is 1. The maximum atomic E-state index is 9.81. The van der Waals surface area contributed by atoms with Crippen molar-refractivity contribution in [1.82, 2.24) is 0 Å². The maximum Gasteiger partial charge on any atom is 0.208 e. The van der Waals surface area contributed by atoms with E-state index in [0.29, 0.717) is 5.84 Å². The molecule has 0 saturated carbocycles. The van der Waals surface area contributed by atoms with Gasteiger partial charge in [-0.25, -0.2) is 4.99 Å². The first kappa shape index (κ1) is 13.3. The lowest BCUT2D eigenvalue weighted by Gasteiger charge is -2.10. The summed E-state index contributed by atoms with van der Waals surface area (Å²) in [6.07, 6.45) is 3.24. The average molecular weight is 276 g/mol. The minimum atomic E-state index is 0.0321. The Labute approximate surface area is 124 Å². The molecule has 0 fully saturated rings. The Morgan fingerprint density at radius 3 is 2.05 bits per heavy atom. The van der Waals surface area contributed by atoms with Crippen molar-refractivity contribution in [2.45, 2.75) is 12.8 Å². The molecular formula is C18H16N2O. The Morgan fingerprint density at radius 2 is 1.38 bits per heavy atom. The summed E-state index contributed by atoms with van der Waals surface area (Å²) < 4.78 is 0. The van der Waals surface area contributed by atoms with Crippen LogP contribution in [-0.4, -0.2) is 16.7 Å². The monoisotopic (exact) mass is 276 g/mol. The molecule has 0 unspecified atom stereocenters. The third-order valence-electron chi connectivity index (χ3n) is 3.31. The van der Waals surface area contributed by atoms with Gasteiger partial charge in [0.1, 0.15) is 0 Å². The van der Waals surface area contributed by atoms with E-state index in [1.807, 2.05) is 60.7 Å². The minimum absolute atomic E-state index is 0.0321. The molecule has 3 nitrogen and oxygen atoms in total. The number of hydrogen-bond donors (Lipinski definition) is 1. The number of hydrogen-bond acceptors (Lipinski definition) is 3. The van der Waals surface area contributed by atoms with Gasteiger partial charge in [0.15, 0.2) is 5.84 Å². The number of aliphatic imine (C=N–C) groups is 2. The van der Waals surface area contributed by atoms with E-state index in [-0.39, 0.29) is 5.88 Å². The van der Waals surface area contributed by atoms with Crippen LogP contribution >= 0.6 is 0 Å².